The Morgan fingerprint density at radius 1 is 1.39 bits per heavy atom. The van der Waals surface area contributed by atoms with Gasteiger partial charge >= 0.3 is 5.97 Å². The van der Waals surface area contributed by atoms with E-state index in [1.807, 2.05) is 0 Å². The van der Waals surface area contributed by atoms with Gasteiger partial charge in [-0.05, 0) is 56.3 Å². The number of hydrogen-bond donors (Lipinski definition) is 1. The second kappa shape index (κ2) is 3.83. The van der Waals surface area contributed by atoms with Gasteiger partial charge in [-0.2, -0.15) is 0 Å². The first-order valence-corrected chi connectivity index (χ1v) is 7.04. The molecule has 0 aromatic heterocycles. The number of ether oxygens (including phenoxy) is 1. The van der Waals surface area contributed by atoms with Crippen molar-refractivity contribution in [2.24, 2.45) is 23.7 Å². The molecule has 0 amide bonds. The molecule has 0 spiro atoms. The number of epoxide rings is 1. The number of carbonyl (C=O) groups is 1. The molecule has 6 atom stereocenters. The van der Waals surface area contributed by atoms with E-state index in [0.29, 0.717) is 23.3 Å². The van der Waals surface area contributed by atoms with E-state index < -0.39 is 5.97 Å². The molecular weight excluding hydrogens is 228 g/mol. The summed E-state index contributed by atoms with van der Waals surface area (Å²) in [6, 6.07) is 0. The summed E-state index contributed by atoms with van der Waals surface area (Å²) in [6.07, 6.45) is 4.68. The van der Waals surface area contributed by atoms with Crippen molar-refractivity contribution < 1.29 is 14.6 Å². The fourth-order valence-electron chi connectivity index (χ4n) is 4.40. The van der Waals surface area contributed by atoms with Crippen LogP contribution in [0.25, 0.3) is 0 Å². The van der Waals surface area contributed by atoms with E-state index in [0.717, 1.165) is 19.3 Å². The van der Waals surface area contributed by atoms with E-state index in [-0.39, 0.29) is 17.6 Å². The van der Waals surface area contributed by atoms with Crippen molar-refractivity contribution in [2.45, 2.75) is 51.2 Å². The van der Waals surface area contributed by atoms with Crippen molar-refractivity contribution in [2.75, 3.05) is 0 Å². The summed E-state index contributed by atoms with van der Waals surface area (Å²) in [7, 11) is 0. The highest BCUT2D eigenvalue weighted by molar-refractivity contribution is 5.86. The molecule has 0 unspecified atom stereocenters. The van der Waals surface area contributed by atoms with Gasteiger partial charge in [0, 0.05) is 5.57 Å². The van der Waals surface area contributed by atoms with Gasteiger partial charge in [0.2, 0.25) is 0 Å². The van der Waals surface area contributed by atoms with Crippen molar-refractivity contribution in [3.8, 4) is 0 Å². The van der Waals surface area contributed by atoms with E-state index in [2.05, 4.69) is 20.4 Å². The zero-order valence-corrected chi connectivity index (χ0v) is 11.2. The first-order valence-electron chi connectivity index (χ1n) is 7.04. The molecule has 3 nitrogen and oxygen atoms in total. The van der Waals surface area contributed by atoms with E-state index in [1.54, 1.807) is 0 Å². The van der Waals surface area contributed by atoms with Crippen LogP contribution in [0.5, 0.6) is 0 Å². The summed E-state index contributed by atoms with van der Waals surface area (Å²) >= 11 is 0. The first kappa shape index (κ1) is 12.2. The summed E-state index contributed by atoms with van der Waals surface area (Å²) in [5, 5.41) is 9.21. The summed E-state index contributed by atoms with van der Waals surface area (Å²) < 4.78 is 5.91. The van der Waals surface area contributed by atoms with Gasteiger partial charge in [-0.1, -0.05) is 13.5 Å². The van der Waals surface area contributed by atoms with E-state index in [4.69, 9.17) is 4.74 Å². The summed E-state index contributed by atoms with van der Waals surface area (Å²) in [4.78, 5) is 11.2. The summed E-state index contributed by atoms with van der Waals surface area (Å²) in [5.74, 6) is 0.996. The third-order valence-electron chi connectivity index (χ3n) is 5.61. The second-order valence-corrected chi connectivity index (χ2v) is 6.62. The quantitative estimate of drug-likeness (QED) is 0.605. The van der Waals surface area contributed by atoms with Crippen molar-refractivity contribution >= 4 is 5.97 Å². The van der Waals surface area contributed by atoms with Crippen LogP contribution in [-0.4, -0.2) is 22.8 Å². The fourth-order valence-corrected chi connectivity index (χ4v) is 4.40. The van der Waals surface area contributed by atoms with Gasteiger partial charge < -0.3 is 9.84 Å². The van der Waals surface area contributed by atoms with E-state index in [9.17, 15) is 9.90 Å². The molecule has 2 aliphatic carbocycles. The van der Waals surface area contributed by atoms with Crippen LogP contribution in [0.4, 0.5) is 0 Å². The highest BCUT2D eigenvalue weighted by atomic mass is 16.6. The fraction of sp³-hybridized carbons (Fsp3) is 0.800. The van der Waals surface area contributed by atoms with E-state index in [1.165, 1.54) is 6.42 Å². The van der Waals surface area contributed by atoms with Gasteiger partial charge in [0.05, 0.1) is 11.7 Å². The lowest BCUT2D eigenvalue weighted by molar-refractivity contribution is -0.134. The number of fused-ring (bicyclic) bond motifs is 3. The Morgan fingerprint density at radius 2 is 2.11 bits per heavy atom. The third-order valence-corrected chi connectivity index (χ3v) is 5.61. The summed E-state index contributed by atoms with van der Waals surface area (Å²) in [5.41, 5.74) is 0.437. The van der Waals surface area contributed by atoms with Crippen LogP contribution < -0.4 is 0 Å². The highest BCUT2D eigenvalue weighted by Gasteiger charge is 2.63. The van der Waals surface area contributed by atoms with Gasteiger partial charge in [-0.15, -0.1) is 0 Å². The van der Waals surface area contributed by atoms with Crippen LogP contribution in [-0.2, 0) is 9.53 Å². The lowest BCUT2D eigenvalue weighted by Crippen LogP contribution is -2.43. The Balaban J connectivity index is 1.87. The molecule has 3 rings (SSSR count). The van der Waals surface area contributed by atoms with Gasteiger partial charge in [0.15, 0.2) is 0 Å². The molecule has 3 heteroatoms. The molecule has 1 aliphatic heterocycles. The maximum absolute atomic E-state index is 11.2. The minimum Gasteiger partial charge on any atom is -0.478 e. The molecule has 1 heterocycles. The van der Waals surface area contributed by atoms with Gasteiger partial charge in [0.1, 0.15) is 0 Å². The largest absolute Gasteiger partial charge is 0.478 e. The normalized spacial score (nSPS) is 50.0. The molecule has 1 N–H and O–H groups in total. The molecule has 0 aromatic carbocycles. The molecular formula is C15H22O3. The lowest BCUT2D eigenvalue weighted by atomic mass is 9.58. The molecule has 3 aliphatic rings. The molecule has 100 valence electrons. The molecule has 0 radical (unpaired) electrons. The number of carboxylic acid groups (broad SMARTS) is 1. The standard InChI is InChI=1S/C15H22O3/c1-8-4-5-11(9(2)14(16)17)12-10(8)6-7-15(3)13(12)18-15/h8,10-13H,2,4-7H2,1,3H3,(H,16,17)/t8-,10+,11+,12+,13+,15-/m1/s1. The number of hydrogen-bond acceptors (Lipinski definition) is 2. The third kappa shape index (κ3) is 1.63. The maximum Gasteiger partial charge on any atom is 0.331 e. The van der Waals surface area contributed by atoms with Crippen LogP contribution in [0.1, 0.15) is 39.5 Å². The predicted molar refractivity (Wildman–Crippen MR) is 68.2 cm³/mol. The molecule has 3 fully saturated rings. The van der Waals surface area contributed by atoms with Crippen molar-refractivity contribution in [1.29, 1.82) is 0 Å². The van der Waals surface area contributed by atoms with Crippen LogP contribution in [0, 0.1) is 23.7 Å². The Hall–Kier alpha value is -0.830. The Kier molecular flexibility index (Phi) is 2.60. The van der Waals surface area contributed by atoms with Crippen molar-refractivity contribution in [1.82, 2.24) is 0 Å². The first-order chi connectivity index (χ1) is 8.44. The SMILES string of the molecule is C=C(C(=O)O)[C@@H]1CC[C@@H](C)[C@@H]2CC[C@@]3(C)O[C@H]3[C@@H]21. The van der Waals surface area contributed by atoms with Crippen LogP contribution in [0.3, 0.4) is 0 Å². The number of carboxylic acids is 1. The Labute approximate surface area is 108 Å². The van der Waals surface area contributed by atoms with E-state index >= 15 is 0 Å². The zero-order chi connectivity index (χ0) is 13.1. The molecule has 0 bridgehead atoms. The smallest absolute Gasteiger partial charge is 0.331 e. The van der Waals surface area contributed by atoms with Crippen LogP contribution in [0.15, 0.2) is 12.2 Å². The van der Waals surface area contributed by atoms with Crippen LogP contribution in [0.2, 0.25) is 0 Å². The second-order valence-electron chi connectivity index (χ2n) is 6.62. The number of rotatable bonds is 2. The predicted octanol–water partition coefficient (Wildman–Crippen LogP) is 2.86. The van der Waals surface area contributed by atoms with Crippen molar-refractivity contribution in [3.05, 3.63) is 12.2 Å². The Bertz CT molecular complexity index is 403. The lowest BCUT2D eigenvalue weighted by Gasteiger charge is -2.44. The summed E-state index contributed by atoms with van der Waals surface area (Å²) in [6.45, 7) is 8.30. The maximum atomic E-state index is 11.2. The average molecular weight is 250 g/mol. The van der Waals surface area contributed by atoms with Crippen molar-refractivity contribution in [3.63, 3.8) is 0 Å². The van der Waals surface area contributed by atoms with Crippen LogP contribution >= 0.6 is 0 Å². The van der Waals surface area contributed by atoms with Gasteiger partial charge in [0.25, 0.3) is 0 Å². The minimum absolute atomic E-state index is 0.0370. The van der Waals surface area contributed by atoms with Gasteiger partial charge in [-0.25, -0.2) is 4.79 Å². The molecule has 18 heavy (non-hydrogen) atoms. The molecule has 0 aromatic rings. The topological polar surface area (TPSA) is 49.8 Å². The number of aliphatic carboxylic acids is 1. The monoisotopic (exact) mass is 250 g/mol. The molecule has 1 saturated heterocycles. The highest BCUT2D eigenvalue weighted by Crippen LogP contribution is 2.60. The average Bonchev–Trinajstić information content (AvgIpc) is 3.01. The van der Waals surface area contributed by atoms with Gasteiger partial charge in [-0.3, -0.25) is 0 Å². The minimum atomic E-state index is -0.832. The molecule has 2 saturated carbocycles. The zero-order valence-electron chi connectivity index (χ0n) is 11.2. The Morgan fingerprint density at radius 3 is 2.78 bits per heavy atom.